The molecule has 3 rings (SSSR count). The molecule has 118 valence electrons. The monoisotopic (exact) mass is 309 g/mol. The van der Waals surface area contributed by atoms with E-state index in [2.05, 4.69) is 17.4 Å². The average Bonchev–Trinajstić information content (AvgIpc) is 2.59. The highest BCUT2D eigenvalue weighted by atomic mass is 16.5. The molecule has 0 unspecified atom stereocenters. The Hall–Kier alpha value is -2.62. The van der Waals surface area contributed by atoms with Crippen molar-refractivity contribution >= 4 is 11.9 Å². The molecule has 1 aliphatic carbocycles. The average molecular weight is 309 g/mol. The van der Waals surface area contributed by atoms with E-state index in [0.717, 1.165) is 16.7 Å². The molecule has 0 aromatic heterocycles. The van der Waals surface area contributed by atoms with Gasteiger partial charge in [0.05, 0.1) is 6.04 Å². The van der Waals surface area contributed by atoms with Crippen LogP contribution in [0.3, 0.4) is 0 Å². The fourth-order valence-electron chi connectivity index (χ4n) is 2.68. The maximum atomic E-state index is 11.7. The van der Waals surface area contributed by atoms with Crippen LogP contribution >= 0.6 is 0 Å². The zero-order chi connectivity index (χ0) is 16.2. The first-order valence-corrected chi connectivity index (χ1v) is 7.74. The number of hydrogen-bond donors (Lipinski definition) is 1. The van der Waals surface area contributed by atoms with Crippen LogP contribution in [-0.2, 0) is 16.1 Å². The van der Waals surface area contributed by atoms with E-state index in [1.54, 1.807) is 0 Å². The summed E-state index contributed by atoms with van der Waals surface area (Å²) in [5.74, 6) is 0.266. The molecule has 23 heavy (non-hydrogen) atoms. The van der Waals surface area contributed by atoms with Gasteiger partial charge in [-0.25, -0.2) is 4.79 Å². The second-order valence-corrected chi connectivity index (χ2v) is 5.91. The van der Waals surface area contributed by atoms with E-state index < -0.39 is 6.09 Å². The van der Waals surface area contributed by atoms with E-state index in [-0.39, 0.29) is 24.3 Å². The van der Waals surface area contributed by atoms with Crippen molar-refractivity contribution in [3.8, 4) is 11.1 Å². The molecule has 4 nitrogen and oxygen atoms in total. The Morgan fingerprint density at radius 1 is 1.09 bits per heavy atom. The molecule has 0 aliphatic heterocycles. The summed E-state index contributed by atoms with van der Waals surface area (Å²) >= 11 is 0. The van der Waals surface area contributed by atoms with Gasteiger partial charge in [-0.05, 0) is 22.6 Å². The summed E-state index contributed by atoms with van der Waals surface area (Å²) < 4.78 is 5.17. The van der Waals surface area contributed by atoms with Gasteiger partial charge in [0.15, 0.2) is 5.78 Å². The highest BCUT2D eigenvalue weighted by molar-refractivity contribution is 5.93. The minimum Gasteiger partial charge on any atom is -0.445 e. The predicted molar refractivity (Wildman–Crippen MR) is 87.8 cm³/mol. The zero-order valence-electron chi connectivity index (χ0n) is 13.0. The maximum Gasteiger partial charge on any atom is 0.408 e. The van der Waals surface area contributed by atoms with Crippen LogP contribution in [0.5, 0.6) is 0 Å². The van der Waals surface area contributed by atoms with Crippen molar-refractivity contribution < 1.29 is 14.3 Å². The number of ether oxygens (including phenoxy) is 1. The quantitative estimate of drug-likeness (QED) is 0.939. The van der Waals surface area contributed by atoms with Crippen molar-refractivity contribution in [2.45, 2.75) is 26.0 Å². The standard InChI is InChI=1S/C19H19NO3/c1-13-11-17(21)18(13)20-19(22)23-12-14-7-9-16(10-8-14)15-5-3-2-4-6-15/h2-10,13,18H,11-12H2,1H3,(H,20,22)/t13-,18+/m0/s1. The molecule has 1 N–H and O–H groups in total. The first-order valence-electron chi connectivity index (χ1n) is 7.74. The van der Waals surface area contributed by atoms with Crippen molar-refractivity contribution in [2.24, 2.45) is 5.92 Å². The molecule has 2 atom stereocenters. The van der Waals surface area contributed by atoms with Gasteiger partial charge in [-0.3, -0.25) is 4.79 Å². The van der Waals surface area contributed by atoms with Crippen LogP contribution in [0.15, 0.2) is 54.6 Å². The molecule has 2 aromatic rings. The summed E-state index contributed by atoms with van der Waals surface area (Å²) in [6, 6.07) is 17.6. The van der Waals surface area contributed by atoms with Gasteiger partial charge in [0.25, 0.3) is 0 Å². The molecular weight excluding hydrogens is 290 g/mol. The van der Waals surface area contributed by atoms with Crippen molar-refractivity contribution in [3.05, 3.63) is 60.2 Å². The fourth-order valence-corrected chi connectivity index (χ4v) is 2.68. The molecule has 0 heterocycles. The minimum absolute atomic E-state index is 0.0710. The van der Waals surface area contributed by atoms with Gasteiger partial charge in [-0.1, -0.05) is 61.5 Å². The lowest BCUT2D eigenvalue weighted by atomic mass is 9.80. The fraction of sp³-hybridized carbons (Fsp3) is 0.263. The minimum atomic E-state index is -0.540. The number of Topliss-reactive ketones (excluding diaryl/α,β-unsaturated/α-hetero) is 1. The lowest BCUT2D eigenvalue weighted by Gasteiger charge is -2.32. The van der Waals surface area contributed by atoms with Gasteiger partial charge < -0.3 is 10.1 Å². The number of amides is 1. The third-order valence-electron chi connectivity index (χ3n) is 4.14. The van der Waals surface area contributed by atoms with E-state index in [4.69, 9.17) is 4.74 Å². The summed E-state index contributed by atoms with van der Waals surface area (Å²) in [5, 5.41) is 2.61. The van der Waals surface area contributed by atoms with Gasteiger partial charge in [0.1, 0.15) is 6.61 Å². The number of ketones is 1. The van der Waals surface area contributed by atoms with Crippen LogP contribution in [0.2, 0.25) is 0 Å². The van der Waals surface area contributed by atoms with Gasteiger partial charge in [-0.15, -0.1) is 0 Å². The Labute approximate surface area is 135 Å². The normalized spacial score (nSPS) is 19.8. The van der Waals surface area contributed by atoms with E-state index in [9.17, 15) is 9.59 Å². The SMILES string of the molecule is C[C@H]1CC(=O)[C@@H]1NC(=O)OCc1ccc(-c2ccccc2)cc1. The third-order valence-corrected chi connectivity index (χ3v) is 4.14. The number of rotatable bonds is 4. The molecule has 1 aliphatic rings. The Balaban J connectivity index is 1.52. The number of carbonyl (C=O) groups is 2. The molecular formula is C19H19NO3. The van der Waals surface area contributed by atoms with Gasteiger partial charge >= 0.3 is 6.09 Å². The summed E-state index contributed by atoms with van der Waals surface area (Å²) in [6.07, 6.45) is -0.00616. The van der Waals surface area contributed by atoms with E-state index in [1.807, 2.05) is 49.4 Å². The predicted octanol–water partition coefficient (Wildman–Crippen LogP) is 3.56. The molecule has 4 heteroatoms. The Morgan fingerprint density at radius 2 is 1.74 bits per heavy atom. The maximum absolute atomic E-state index is 11.7. The molecule has 0 saturated heterocycles. The second-order valence-electron chi connectivity index (χ2n) is 5.91. The second kappa shape index (κ2) is 6.65. The molecule has 0 spiro atoms. The summed E-state index contributed by atoms with van der Waals surface area (Å²) in [5.41, 5.74) is 3.18. The molecule has 0 bridgehead atoms. The third kappa shape index (κ3) is 3.59. The smallest absolute Gasteiger partial charge is 0.408 e. The largest absolute Gasteiger partial charge is 0.445 e. The van der Waals surface area contributed by atoms with Crippen LogP contribution in [0.1, 0.15) is 18.9 Å². The van der Waals surface area contributed by atoms with Gasteiger partial charge in [0, 0.05) is 6.42 Å². The first-order chi connectivity index (χ1) is 11.1. The molecule has 2 aromatic carbocycles. The number of nitrogens with one attached hydrogen (secondary N) is 1. The van der Waals surface area contributed by atoms with Crippen LogP contribution in [0.4, 0.5) is 4.79 Å². The van der Waals surface area contributed by atoms with Gasteiger partial charge in [0.2, 0.25) is 0 Å². The highest BCUT2D eigenvalue weighted by Crippen LogP contribution is 2.23. The van der Waals surface area contributed by atoms with Crippen LogP contribution < -0.4 is 5.32 Å². The molecule has 1 saturated carbocycles. The van der Waals surface area contributed by atoms with Crippen molar-refractivity contribution in [3.63, 3.8) is 0 Å². The lowest BCUT2D eigenvalue weighted by molar-refractivity contribution is -0.129. The van der Waals surface area contributed by atoms with Crippen LogP contribution in [0, 0.1) is 5.92 Å². The Kier molecular flexibility index (Phi) is 4.42. The summed E-state index contributed by atoms with van der Waals surface area (Å²) in [7, 11) is 0. The summed E-state index contributed by atoms with van der Waals surface area (Å²) in [6.45, 7) is 2.13. The van der Waals surface area contributed by atoms with Crippen LogP contribution in [0.25, 0.3) is 11.1 Å². The number of hydrogen-bond acceptors (Lipinski definition) is 3. The van der Waals surface area contributed by atoms with E-state index in [1.165, 1.54) is 0 Å². The zero-order valence-corrected chi connectivity index (χ0v) is 13.0. The van der Waals surface area contributed by atoms with E-state index >= 15 is 0 Å². The first kappa shape index (κ1) is 15.3. The van der Waals surface area contributed by atoms with E-state index in [0.29, 0.717) is 6.42 Å². The molecule has 1 fully saturated rings. The van der Waals surface area contributed by atoms with Gasteiger partial charge in [-0.2, -0.15) is 0 Å². The number of alkyl carbamates (subject to hydrolysis) is 1. The van der Waals surface area contributed by atoms with Crippen molar-refractivity contribution in [2.75, 3.05) is 0 Å². The molecule has 0 radical (unpaired) electrons. The Morgan fingerprint density at radius 3 is 2.35 bits per heavy atom. The number of benzene rings is 2. The highest BCUT2D eigenvalue weighted by Gasteiger charge is 2.37. The topological polar surface area (TPSA) is 55.4 Å². The van der Waals surface area contributed by atoms with Crippen molar-refractivity contribution in [1.29, 1.82) is 0 Å². The van der Waals surface area contributed by atoms with Crippen molar-refractivity contribution in [1.82, 2.24) is 5.32 Å². The lowest BCUT2D eigenvalue weighted by Crippen LogP contribution is -2.53. The Bertz CT molecular complexity index is 694. The number of carbonyl (C=O) groups excluding carboxylic acids is 2. The van der Waals surface area contributed by atoms with Crippen LogP contribution in [-0.4, -0.2) is 17.9 Å². The molecule has 1 amide bonds. The summed E-state index contributed by atoms with van der Waals surface area (Å²) in [4.78, 5) is 23.1.